The van der Waals surface area contributed by atoms with Gasteiger partial charge in [0.25, 0.3) is 11.8 Å². The molecule has 10 heteroatoms. The van der Waals surface area contributed by atoms with Crippen molar-refractivity contribution in [3.05, 3.63) is 65.7 Å². The molecule has 158 valence electrons. The number of benzene rings is 1. The second-order valence-electron chi connectivity index (χ2n) is 6.94. The third-order valence-corrected chi connectivity index (χ3v) is 4.85. The third kappa shape index (κ3) is 4.08. The second kappa shape index (κ2) is 8.27. The minimum atomic E-state index is -0.824. The molecule has 1 atom stereocenters. The van der Waals surface area contributed by atoms with Crippen molar-refractivity contribution in [2.45, 2.75) is 12.6 Å². The van der Waals surface area contributed by atoms with E-state index in [2.05, 4.69) is 20.8 Å². The smallest absolute Gasteiger partial charge is 0.322 e. The van der Waals surface area contributed by atoms with Crippen LogP contribution in [0.1, 0.15) is 27.7 Å². The highest BCUT2D eigenvalue weighted by atomic mass is 16.5. The van der Waals surface area contributed by atoms with E-state index < -0.39 is 18.0 Å². The lowest BCUT2D eigenvalue weighted by atomic mass is 10.1. The zero-order valence-electron chi connectivity index (χ0n) is 16.8. The summed E-state index contributed by atoms with van der Waals surface area (Å²) in [5.41, 5.74) is 3.18. The van der Waals surface area contributed by atoms with Gasteiger partial charge in [0, 0.05) is 43.2 Å². The molecule has 2 aliphatic rings. The summed E-state index contributed by atoms with van der Waals surface area (Å²) in [4.78, 5) is 39.6. The minimum absolute atomic E-state index is 0.0777. The average molecular weight is 421 g/mol. The Bertz CT molecular complexity index is 1140. The molecule has 0 saturated carbocycles. The van der Waals surface area contributed by atoms with Gasteiger partial charge in [-0.05, 0) is 29.8 Å². The van der Waals surface area contributed by atoms with E-state index in [-0.39, 0.29) is 11.7 Å². The van der Waals surface area contributed by atoms with Crippen LogP contribution in [-0.4, -0.2) is 47.0 Å². The SMILES string of the molecule is COc1ccc2c(c1)C(=O)N(C)C2.O=C1NC(=O)C(c2cc(-c3cccnc3)no2)N1. The van der Waals surface area contributed by atoms with E-state index in [0.29, 0.717) is 12.2 Å². The summed E-state index contributed by atoms with van der Waals surface area (Å²) in [6.07, 6.45) is 3.28. The molecule has 4 heterocycles. The Balaban J connectivity index is 0.000000158. The summed E-state index contributed by atoms with van der Waals surface area (Å²) in [6, 6.07) is 9.45. The van der Waals surface area contributed by atoms with Gasteiger partial charge in [0.15, 0.2) is 11.8 Å². The molecule has 2 N–H and O–H groups in total. The normalized spacial score (nSPS) is 16.9. The Morgan fingerprint density at radius 2 is 2.03 bits per heavy atom. The molecular weight excluding hydrogens is 402 g/mol. The van der Waals surface area contributed by atoms with E-state index >= 15 is 0 Å². The molecule has 5 rings (SSSR count). The number of aromatic nitrogens is 2. The second-order valence-corrected chi connectivity index (χ2v) is 6.94. The van der Waals surface area contributed by atoms with Crippen molar-refractivity contribution in [1.29, 1.82) is 0 Å². The molecule has 2 aromatic heterocycles. The van der Waals surface area contributed by atoms with Gasteiger partial charge in [0.2, 0.25) is 0 Å². The van der Waals surface area contributed by atoms with E-state index in [0.717, 1.165) is 22.4 Å². The van der Waals surface area contributed by atoms with Gasteiger partial charge in [0.05, 0.1) is 7.11 Å². The number of rotatable bonds is 3. The van der Waals surface area contributed by atoms with E-state index in [1.54, 1.807) is 49.7 Å². The number of hydrogen-bond acceptors (Lipinski definition) is 7. The van der Waals surface area contributed by atoms with Gasteiger partial charge in [-0.25, -0.2) is 4.79 Å². The lowest BCUT2D eigenvalue weighted by Crippen LogP contribution is -2.22. The third-order valence-electron chi connectivity index (χ3n) is 4.85. The highest BCUT2D eigenvalue weighted by molar-refractivity contribution is 6.04. The van der Waals surface area contributed by atoms with Crippen molar-refractivity contribution in [3.8, 4) is 17.0 Å². The molecule has 1 aromatic carbocycles. The first-order chi connectivity index (χ1) is 15.0. The number of nitrogens with one attached hydrogen (secondary N) is 2. The number of nitrogens with zero attached hydrogens (tertiary/aromatic N) is 3. The molecule has 2 aliphatic heterocycles. The van der Waals surface area contributed by atoms with Gasteiger partial charge >= 0.3 is 6.03 Å². The Kier molecular flexibility index (Phi) is 5.35. The van der Waals surface area contributed by atoms with Gasteiger partial charge in [-0.15, -0.1) is 0 Å². The maximum atomic E-state index is 11.5. The molecular formula is C21H19N5O5. The zero-order chi connectivity index (χ0) is 22.0. The summed E-state index contributed by atoms with van der Waals surface area (Å²) in [5.74, 6) is 0.655. The van der Waals surface area contributed by atoms with Crippen LogP contribution in [0.4, 0.5) is 4.79 Å². The van der Waals surface area contributed by atoms with Crippen LogP contribution in [0, 0.1) is 0 Å². The lowest BCUT2D eigenvalue weighted by Gasteiger charge is -2.04. The fourth-order valence-electron chi connectivity index (χ4n) is 3.25. The number of amides is 4. The summed E-state index contributed by atoms with van der Waals surface area (Å²) in [7, 11) is 3.40. The predicted molar refractivity (Wildman–Crippen MR) is 108 cm³/mol. The molecule has 10 nitrogen and oxygen atoms in total. The first-order valence-electron chi connectivity index (χ1n) is 9.37. The van der Waals surface area contributed by atoms with Crippen molar-refractivity contribution in [2.75, 3.05) is 14.2 Å². The Hall–Kier alpha value is -4.21. The minimum Gasteiger partial charge on any atom is -0.497 e. The molecule has 0 spiro atoms. The van der Waals surface area contributed by atoms with E-state index in [9.17, 15) is 14.4 Å². The Morgan fingerprint density at radius 1 is 1.19 bits per heavy atom. The summed E-state index contributed by atoms with van der Waals surface area (Å²) in [5, 5.41) is 8.41. The average Bonchev–Trinajstić information content (AvgIpc) is 3.47. The topological polar surface area (TPSA) is 127 Å². The largest absolute Gasteiger partial charge is 0.497 e. The van der Waals surface area contributed by atoms with Crippen LogP contribution in [-0.2, 0) is 11.3 Å². The molecule has 3 aromatic rings. The van der Waals surface area contributed by atoms with E-state index in [1.807, 2.05) is 18.2 Å². The van der Waals surface area contributed by atoms with Crippen molar-refractivity contribution in [1.82, 2.24) is 25.7 Å². The number of imide groups is 1. The van der Waals surface area contributed by atoms with Crippen molar-refractivity contribution in [2.24, 2.45) is 0 Å². The van der Waals surface area contributed by atoms with Crippen LogP contribution in [0.25, 0.3) is 11.3 Å². The van der Waals surface area contributed by atoms with E-state index in [1.165, 1.54) is 0 Å². The number of carbonyl (C=O) groups excluding carboxylic acids is 3. The number of pyridine rings is 1. The van der Waals surface area contributed by atoms with Crippen molar-refractivity contribution < 1.29 is 23.6 Å². The van der Waals surface area contributed by atoms with Crippen molar-refractivity contribution in [3.63, 3.8) is 0 Å². The Morgan fingerprint density at radius 3 is 2.71 bits per heavy atom. The number of urea groups is 1. The first kappa shape index (κ1) is 20.1. The maximum Gasteiger partial charge on any atom is 0.322 e. The zero-order valence-corrected chi connectivity index (χ0v) is 16.8. The molecule has 0 radical (unpaired) electrons. The number of fused-ring (bicyclic) bond motifs is 1. The number of methoxy groups -OCH3 is 1. The number of hydrogen-bond donors (Lipinski definition) is 2. The molecule has 1 unspecified atom stereocenters. The predicted octanol–water partition coefficient (Wildman–Crippen LogP) is 1.90. The highest BCUT2D eigenvalue weighted by Crippen LogP contribution is 2.25. The molecule has 0 aliphatic carbocycles. The number of carbonyl (C=O) groups is 3. The van der Waals surface area contributed by atoms with Gasteiger partial charge in [-0.3, -0.25) is 19.9 Å². The number of ether oxygens (including phenoxy) is 1. The standard InChI is InChI=1S/C11H8N4O3.C10H11NO2/c16-10-9(13-11(17)14-10)8-4-7(15-18-8)6-2-1-3-12-5-6;1-11-6-7-3-4-8(13-2)5-9(7)10(11)12/h1-5,9H,(H2,13,14,16,17);3-5H,6H2,1-2H3. The van der Waals surface area contributed by atoms with Crippen LogP contribution >= 0.6 is 0 Å². The maximum absolute atomic E-state index is 11.5. The quantitative estimate of drug-likeness (QED) is 0.619. The van der Waals surface area contributed by atoms with Gasteiger partial charge in [0.1, 0.15) is 11.4 Å². The fourth-order valence-corrected chi connectivity index (χ4v) is 3.25. The van der Waals surface area contributed by atoms with Gasteiger partial charge in [-0.2, -0.15) is 0 Å². The highest BCUT2D eigenvalue weighted by Gasteiger charge is 2.34. The van der Waals surface area contributed by atoms with Crippen LogP contribution in [0.5, 0.6) is 5.75 Å². The Labute approximate surface area is 177 Å². The fraction of sp³-hybridized carbons (Fsp3) is 0.190. The first-order valence-corrected chi connectivity index (χ1v) is 9.37. The summed E-state index contributed by atoms with van der Waals surface area (Å²) < 4.78 is 10.1. The van der Waals surface area contributed by atoms with Crippen LogP contribution in [0.2, 0.25) is 0 Å². The summed E-state index contributed by atoms with van der Waals surface area (Å²) >= 11 is 0. The molecule has 4 amide bonds. The van der Waals surface area contributed by atoms with Gasteiger partial charge in [-0.1, -0.05) is 11.2 Å². The summed E-state index contributed by atoms with van der Waals surface area (Å²) in [6.45, 7) is 0.707. The lowest BCUT2D eigenvalue weighted by molar-refractivity contribution is -0.120. The molecule has 0 bridgehead atoms. The molecule has 31 heavy (non-hydrogen) atoms. The molecule has 1 saturated heterocycles. The van der Waals surface area contributed by atoms with Crippen LogP contribution in [0.15, 0.2) is 53.3 Å². The molecule has 1 fully saturated rings. The van der Waals surface area contributed by atoms with E-state index in [4.69, 9.17) is 9.26 Å². The van der Waals surface area contributed by atoms with Crippen LogP contribution in [0.3, 0.4) is 0 Å². The van der Waals surface area contributed by atoms with Crippen molar-refractivity contribution >= 4 is 17.8 Å². The monoisotopic (exact) mass is 421 g/mol. The van der Waals surface area contributed by atoms with Gasteiger partial charge < -0.3 is 19.5 Å². The van der Waals surface area contributed by atoms with Crippen LogP contribution < -0.4 is 15.4 Å².